The van der Waals surface area contributed by atoms with Crippen molar-refractivity contribution in [2.45, 2.75) is 71.0 Å². The van der Waals surface area contributed by atoms with Gasteiger partial charge in [-0.1, -0.05) is 33.6 Å². The zero-order valence-corrected chi connectivity index (χ0v) is 14.0. The monoisotopic (exact) mass is 295 g/mol. The summed E-state index contributed by atoms with van der Waals surface area (Å²) < 4.78 is 12.8. The second-order valence-corrected chi connectivity index (χ2v) is 9.55. The minimum absolute atomic E-state index is 0.0239. The number of hydrogen-bond donors (Lipinski definition) is 0. The van der Waals surface area contributed by atoms with E-state index in [-0.39, 0.29) is 16.6 Å². The number of hydrogen-bond acceptors (Lipinski definition) is 2. The van der Waals surface area contributed by atoms with Gasteiger partial charge < -0.3 is 0 Å². The Hall–Kier alpha value is -0.360. The highest BCUT2D eigenvalue weighted by molar-refractivity contribution is 7.85. The van der Waals surface area contributed by atoms with Gasteiger partial charge in [-0.15, -0.1) is 0 Å². The molecule has 2 saturated carbocycles. The van der Waals surface area contributed by atoms with Crippen molar-refractivity contribution in [3.63, 3.8) is 0 Å². The van der Waals surface area contributed by atoms with E-state index in [1.54, 1.807) is 0 Å². The Labute approximate surface area is 126 Å². The van der Waals surface area contributed by atoms with E-state index in [1.165, 1.54) is 25.7 Å². The van der Waals surface area contributed by atoms with Crippen LogP contribution in [0.5, 0.6) is 0 Å². The maximum Gasteiger partial charge on any atom is 0.0668 e. The molecule has 2 nitrogen and oxygen atoms in total. The lowest BCUT2D eigenvalue weighted by molar-refractivity contribution is 0.167. The van der Waals surface area contributed by atoms with Crippen molar-refractivity contribution in [3.8, 4) is 6.07 Å². The number of nitrogens with zero attached hydrogens (tertiary/aromatic N) is 1. The molecule has 0 bridgehead atoms. The molecule has 2 aliphatic rings. The highest BCUT2D eigenvalue weighted by atomic mass is 32.2. The lowest BCUT2D eigenvalue weighted by Gasteiger charge is -2.39. The standard InChI is InChI=1S/C17H29NOS/c1-17(2,3)15-9-8-14(11-18)16(10-15)20(19)12-13-6-4-5-7-13/h13-16H,4-10,12H2,1-3H3. The predicted molar refractivity (Wildman–Crippen MR) is 84.7 cm³/mol. The molecule has 0 radical (unpaired) electrons. The summed E-state index contributed by atoms with van der Waals surface area (Å²) in [7, 11) is -0.804. The fraction of sp³-hybridized carbons (Fsp3) is 0.941. The third-order valence-electron chi connectivity index (χ3n) is 5.39. The van der Waals surface area contributed by atoms with Crippen LogP contribution in [0.4, 0.5) is 0 Å². The van der Waals surface area contributed by atoms with Crippen molar-refractivity contribution in [2.24, 2.45) is 23.2 Å². The Morgan fingerprint density at radius 2 is 1.80 bits per heavy atom. The number of rotatable bonds is 3. The molecular formula is C17H29NOS. The Morgan fingerprint density at radius 1 is 1.15 bits per heavy atom. The fourth-order valence-electron chi connectivity index (χ4n) is 3.89. The molecule has 2 rings (SSSR count). The highest BCUT2D eigenvalue weighted by Gasteiger charge is 2.39. The minimum Gasteiger partial charge on any atom is -0.259 e. The topological polar surface area (TPSA) is 40.9 Å². The lowest BCUT2D eigenvalue weighted by Crippen LogP contribution is -2.38. The van der Waals surface area contributed by atoms with E-state index in [0.29, 0.717) is 11.8 Å². The van der Waals surface area contributed by atoms with Crippen LogP contribution in [0, 0.1) is 34.5 Å². The van der Waals surface area contributed by atoms with Gasteiger partial charge in [0, 0.05) is 16.6 Å². The molecule has 4 unspecified atom stereocenters. The molecule has 0 amide bonds. The van der Waals surface area contributed by atoms with Crippen LogP contribution in [0.2, 0.25) is 0 Å². The molecular weight excluding hydrogens is 266 g/mol. The Balaban J connectivity index is 2.01. The first-order valence-corrected chi connectivity index (χ1v) is 9.57. The smallest absolute Gasteiger partial charge is 0.0668 e. The third-order valence-corrected chi connectivity index (χ3v) is 7.39. The van der Waals surface area contributed by atoms with Gasteiger partial charge in [0.25, 0.3) is 0 Å². The van der Waals surface area contributed by atoms with Crippen LogP contribution in [0.3, 0.4) is 0 Å². The summed E-state index contributed by atoms with van der Waals surface area (Å²) in [6.07, 6.45) is 8.16. The zero-order chi connectivity index (χ0) is 14.8. The molecule has 0 heterocycles. The highest BCUT2D eigenvalue weighted by Crippen LogP contribution is 2.42. The first-order valence-electron chi connectivity index (χ1n) is 8.18. The summed E-state index contributed by atoms with van der Waals surface area (Å²) in [5.74, 6) is 2.14. The van der Waals surface area contributed by atoms with E-state index in [2.05, 4.69) is 26.8 Å². The van der Waals surface area contributed by atoms with Crippen LogP contribution in [-0.2, 0) is 10.8 Å². The zero-order valence-electron chi connectivity index (χ0n) is 13.2. The van der Waals surface area contributed by atoms with Crippen LogP contribution < -0.4 is 0 Å². The van der Waals surface area contributed by atoms with E-state index in [9.17, 15) is 9.47 Å². The van der Waals surface area contributed by atoms with Crippen LogP contribution in [0.1, 0.15) is 65.7 Å². The molecule has 0 aliphatic heterocycles. The summed E-state index contributed by atoms with van der Waals surface area (Å²) in [6, 6.07) is 2.44. The fourth-order valence-corrected chi connectivity index (χ4v) is 5.94. The Bertz CT molecular complexity index is 387. The maximum atomic E-state index is 12.8. The summed E-state index contributed by atoms with van der Waals surface area (Å²) >= 11 is 0. The van der Waals surface area contributed by atoms with Crippen molar-refractivity contribution < 1.29 is 4.21 Å². The summed E-state index contributed by atoms with van der Waals surface area (Å²) in [5, 5.41) is 9.50. The Kier molecular flexibility index (Phi) is 5.29. The summed E-state index contributed by atoms with van der Waals surface area (Å²) in [6.45, 7) is 6.84. The van der Waals surface area contributed by atoms with E-state index in [0.717, 1.165) is 25.0 Å². The van der Waals surface area contributed by atoms with Crippen molar-refractivity contribution in [3.05, 3.63) is 0 Å². The van der Waals surface area contributed by atoms with Crippen molar-refractivity contribution in [1.29, 1.82) is 5.26 Å². The van der Waals surface area contributed by atoms with Gasteiger partial charge in [-0.05, 0) is 49.4 Å². The van der Waals surface area contributed by atoms with Gasteiger partial charge in [0.2, 0.25) is 0 Å². The molecule has 114 valence electrons. The van der Waals surface area contributed by atoms with Gasteiger partial charge in [-0.2, -0.15) is 5.26 Å². The van der Waals surface area contributed by atoms with Crippen LogP contribution >= 0.6 is 0 Å². The SMILES string of the molecule is CC(C)(C)C1CCC(C#N)C(S(=O)CC2CCCC2)C1. The van der Waals surface area contributed by atoms with Crippen LogP contribution in [-0.4, -0.2) is 15.2 Å². The number of nitriles is 1. The molecule has 0 aromatic heterocycles. The van der Waals surface area contributed by atoms with Gasteiger partial charge in [-0.3, -0.25) is 4.21 Å². The van der Waals surface area contributed by atoms with Gasteiger partial charge in [0.05, 0.1) is 17.2 Å². The lowest BCUT2D eigenvalue weighted by atomic mass is 9.70. The van der Waals surface area contributed by atoms with Crippen LogP contribution in [0.25, 0.3) is 0 Å². The van der Waals surface area contributed by atoms with E-state index >= 15 is 0 Å². The largest absolute Gasteiger partial charge is 0.259 e. The normalized spacial score (nSPS) is 33.8. The molecule has 20 heavy (non-hydrogen) atoms. The summed E-state index contributed by atoms with van der Waals surface area (Å²) in [5.41, 5.74) is 0.274. The van der Waals surface area contributed by atoms with E-state index < -0.39 is 10.8 Å². The van der Waals surface area contributed by atoms with Crippen molar-refractivity contribution in [1.82, 2.24) is 0 Å². The van der Waals surface area contributed by atoms with Crippen molar-refractivity contribution in [2.75, 3.05) is 5.75 Å². The quantitative estimate of drug-likeness (QED) is 0.779. The molecule has 0 N–H and O–H groups in total. The van der Waals surface area contributed by atoms with E-state index in [4.69, 9.17) is 0 Å². The molecule has 0 saturated heterocycles. The van der Waals surface area contributed by atoms with Crippen molar-refractivity contribution >= 4 is 10.8 Å². The first-order chi connectivity index (χ1) is 9.41. The molecule has 0 spiro atoms. The molecule has 3 heteroatoms. The van der Waals surface area contributed by atoms with E-state index in [1.807, 2.05) is 0 Å². The minimum atomic E-state index is -0.804. The van der Waals surface area contributed by atoms with Gasteiger partial charge >= 0.3 is 0 Å². The van der Waals surface area contributed by atoms with Gasteiger partial charge in [0.1, 0.15) is 0 Å². The second kappa shape index (κ2) is 6.60. The average molecular weight is 295 g/mol. The molecule has 0 aromatic carbocycles. The summed E-state index contributed by atoms with van der Waals surface area (Å²) in [4.78, 5) is 0. The first kappa shape index (κ1) is 16.0. The average Bonchev–Trinajstić information content (AvgIpc) is 2.89. The van der Waals surface area contributed by atoms with Gasteiger partial charge in [0.15, 0.2) is 0 Å². The predicted octanol–water partition coefficient (Wildman–Crippen LogP) is 4.28. The van der Waals surface area contributed by atoms with Gasteiger partial charge in [-0.25, -0.2) is 0 Å². The third kappa shape index (κ3) is 3.85. The van der Waals surface area contributed by atoms with Crippen LogP contribution in [0.15, 0.2) is 0 Å². The second-order valence-electron chi connectivity index (χ2n) is 7.85. The molecule has 2 fully saturated rings. The molecule has 4 atom stereocenters. The Morgan fingerprint density at radius 3 is 2.35 bits per heavy atom. The molecule has 0 aromatic rings. The maximum absolute atomic E-state index is 12.8. The molecule has 2 aliphatic carbocycles.